The molecule has 0 saturated carbocycles. The van der Waals surface area contributed by atoms with Gasteiger partial charge in [-0.2, -0.15) is 0 Å². The SMILES string of the molecule is Cc1cccnc1CN1CCN(Cc2ccc([C@H]3CCCCO3)o2)CC1. The van der Waals surface area contributed by atoms with Crippen LogP contribution in [0.25, 0.3) is 0 Å². The molecule has 0 aliphatic carbocycles. The Hall–Kier alpha value is -1.69. The van der Waals surface area contributed by atoms with Gasteiger partial charge in [0, 0.05) is 45.5 Å². The molecule has 0 bridgehead atoms. The molecule has 140 valence electrons. The van der Waals surface area contributed by atoms with Gasteiger partial charge in [-0.3, -0.25) is 14.8 Å². The number of furan rings is 1. The number of hydrogen-bond acceptors (Lipinski definition) is 5. The van der Waals surface area contributed by atoms with Crippen molar-refractivity contribution in [1.29, 1.82) is 0 Å². The van der Waals surface area contributed by atoms with Gasteiger partial charge in [0.25, 0.3) is 0 Å². The van der Waals surface area contributed by atoms with Gasteiger partial charge in [-0.1, -0.05) is 6.07 Å². The highest BCUT2D eigenvalue weighted by Gasteiger charge is 2.22. The zero-order valence-corrected chi connectivity index (χ0v) is 15.7. The number of piperazine rings is 1. The number of aryl methyl sites for hydroxylation is 1. The first kappa shape index (κ1) is 17.7. The molecule has 2 fully saturated rings. The van der Waals surface area contributed by atoms with E-state index >= 15 is 0 Å². The lowest BCUT2D eigenvalue weighted by Gasteiger charge is -2.34. The van der Waals surface area contributed by atoms with Crippen LogP contribution in [-0.2, 0) is 17.8 Å². The van der Waals surface area contributed by atoms with Crippen LogP contribution in [0.4, 0.5) is 0 Å². The molecule has 1 atom stereocenters. The van der Waals surface area contributed by atoms with Gasteiger partial charge in [0.1, 0.15) is 17.6 Å². The molecule has 2 aromatic heterocycles. The number of nitrogens with zero attached hydrogens (tertiary/aromatic N) is 3. The summed E-state index contributed by atoms with van der Waals surface area (Å²) in [6.07, 6.45) is 5.54. The topological polar surface area (TPSA) is 41.7 Å². The largest absolute Gasteiger partial charge is 0.462 e. The average Bonchev–Trinajstić information content (AvgIpc) is 3.14. The minimum absolute atomic E-state index is 0.163. The fraction of sp³-hybridized carbons (Fsp3) is 0.571. The molecule has 2 aromatic rings. The van der Waals surface area contributed by atoms with Crippen molar-refractivity contribution in [2.75, 3.05) is 32.8 Å². The summed E-state index contributed by atoms with van der Waals surface area (Å²) in [7, 11) is 0. The fourth-order valence-corrected chi connectivity index (χ4v) is 3.84. The number of pyridine rings is 1. The maximum absolute atomic E-state index is 6.07. The second-order valence-electron chi connectivity index (χ2n) is 7.48. The Bertz CT molecular complexity index is 701. The zero-order valence-electron chi connectivity index (χ0n) is 15.7. The van der Waals surface area contributed by atoms with Gasteiger partial charge in [-0.15, -0.1) is 0 Å². The molecule has 5 nitrogen and oxygen atoms in total. The van der Waals surface area contributed by atoms with Gasteiger partial charge >= 0.3 is 0 Å². The molecule has 0 unspecified atom stereocenters. The smallest absolute Gasteiger partial charge is 0.133 e. The van der Waals surface area contributed by atoms with Crippen molar-refractivity contribution in [3.63, 3.8) is 0 Å². The predicted octanol–water partition coefficient (Wildman–Crippen LogP) is 3.54. The van der Waals surface area contributed by atoms with Crippen molar-refractivity contribution in [3.05, 3.63) is 53.2 Å². The maximum Gasteiger partial charge on any atom is 0.133 e. The molecule has 0 spiro atoms. The summed E-state index contributed by atoms with van der Waals surface area (Å²) in [5, 5.41) is 0. The van der Waals surface area contributed by atoms with Crippen LogP contribution in [0, 0.1) is 6.92 Å². The summed E-state index contributed by atoms with van der Waals surface area (Å²) in [4.78, 5) is 9.50. The van der Waals surface area contributed by atoms with E-state index in [0.717, 1.165) is 63.8 Å². The number of ether oxygens (including phenoxy) is 1. The molecule has 2 saturated heterocycles. The van der Waals surface area contributed by atoms with Crippen LogP contribution in [0.1, 0.15) is 48.1 Å². The van der Waals surface area contributed by atoms with Gasteiger partial charge in [0.05, 0.1) is 12.2 Å². The van der Waals surface area contributed by atoms with Crippen molar-refractivity contribution >= 4 is 0 Å². The van der Waals surface area contributed by atoms with E-state index in [2.05, 4.69) is 39.9 Å². The Kier molecular flexibility index (Phi) is 5.68. The number of aromatic nitrogens is 1. The van der Waals surface area contributed by atoms with E-state index in [1.165, 1.54) is 24.1 Å². The molecule has 2 aliphatic heterocycles. The summed E-state index contributed by atoms with van der Waals surface area (Å²) < 4.78 is 11.9. The van der Waals surface area contributed by atoms with Crippen LogP contribution in [0.3, 0.4) is 0 Å². The van der Waals surface area contributed by atoms with Crippen LogP contribution in [0.5, 0.6) is 0 Å². The normalized spacial score (nSPS) is 22.6. The summed E-state index contributed by atoms with van der Waals surface area (Å²) >= 11 is 0. The van der Waals surface area contributed by atoms with Crippen molar-refractivity contribution in [2.24, 2.45) is 0 Å². The third-order valence-corrected chi connectivity index (χ3v) is 5.52. The number of hydrogen-bond donors (Lipinski definition) is 0. The first-order chi connectivity index (χ1) is 12.8. The molecule has 0 amide bonds. The Labute approximate surface area is 156 Å². The maximum atomic E-state index is 6.07. The molecule has 26 heavy (non-hydrogen) atoms. The standard InChI is InChI=1S/C21H29N3O2/c1-17-5-4-9-22-19(17)16-24-12-10-23(11-13-24)15-18-7-8-21(26-18)20-6-2-3-14-25-20/h4-5,7-9,20H,2-3,6,10-16H2,1H3/t20-/m1/s1. The first-order valence-corrected chi connectivity index (χ1v) is 9.83. The highest BCUT2D eigenvalue weighted by molar-refractivity contribution is 5.17. The lowest BCUT2D eigenvalue weighted by atomic mass is 10.1. The second kappa shape index (κ2) is 8.33. The molecule has 0 N–H and O–H groups in total. The lowest BCUT2D eigenvalue weighted by molar-refractivity contribution is 0.000628. The third-order valence-electron chi connectivity index (χ3n) is 5.52. The minimum Gasteiger partial charge on any atom is -0.462 e. The molecule has 4 heterocycles. The quantitative estimate of drug-likeness (QED) is 0.820. The minimum atomic E-state index is 0.163. The lowest BCUT2D eigenvalue weighted by Crippen LogP contribution is -2.45. The van der Waals surface area contributed by atoms with Gasteiger partial charge in [0.2, 0.25) is 0 Å². The summed E-state index contributed by atoms with van der Waals surface area (Å²) in [6, 6.07) is 8.37. The molecule has 4 rings (SSSR count). The van der Waals surface area contributed by atoms with Crippen molar-refractivity contribution < 1.29 is 9.15 Å². The molecule has 0 radical (unpaired) electrons. The van der Waals surface area contributed by atoms with E-state index < -0.39 is 0 Å². The van der Waals surface area contributed by atoms with Gasteiger partial charge in [-0.05, 0) is 49.9 Å². The molecular formula is C21H29N3O2. The molecule has 0 aromatic carbocycles. The van der Waals surface area contributed by atoms with Crippen molar-refractivity contribution in [2.45, 2.75) is 45.4 Å². The van der Waals surface area contributed by atoms with Crippen LogP contribution >= 0.6 is 0 Å². The first-order valence-electron chi connectivity index (χ1n) is 9.83. The highest BCUT2D eigenvalue weighted by Crippen LogP contribution is 2.29. The van der Waals surface area contributed by atoms with E-state index in [0.29, 0.717) is 0 Å². The fourth-order valence-electron chi connectivity index (χ4n) is 3.84. The van der Waals surface area contributed by atoms with E-state index in [4.69, 9.17) is 9.15 Å². The molecular weight excluding hydrogens is 326 g/mol. The van der Waals surface area contributed by atoms with Crippen LogP contribution in [-0.4, -0.2) is 47.6 Å². The van der Waals surface area contributed by atoms with Crippen LogP contribution < -0.4 is 0 Å². The zero-order chi connectivity index (χ0) is 17.8. The molecule has 2 aliphatic rings. The van der Waals surface area contributed by atoms with E-state index in [-0.39, 0.29) is 6.10 Å². The van der Waals surface area contributed by atoms with Gasteiger partial charge in [0.15, 0.2) is 0 Å². The van der Waals surface area contributed by atoms with E-state index in [1.807, 2.05) is 12.3 Å². The van der Waals surface area contributed by atoms with Crippen molar-refractivity contribution in [1.82, 2.24) is 14.8 Å². The van der Waals surface area contributed by atoms with E-state index in [1.54, 1.807) is 0 Å². The van der Waals surface area contributed by atoms with E-state index in [9.17, 15) is 0 Å². The van der Waals surface area contributed by atoms with Crippen LogP contribution in [0.2, 0.25) is 0 Å². The Morgan fingerprint density at radius 1 is 1.04 bits per heavy atom. The summed E-state index contributed by atoms with van der Waals surface area (Å²) in [5.41, 5.74) is 2.48. The predicted molar refractivity (Wildman–Crippen MR) is 101 cm³/mol. The third kappa shape index (κ3) is 4.34. The number of rotatable bonds is 5. The average molecular weight is 355 g/mol. The Morgan fingerprint density at radius 3 is 2.58 bits per heavy atom. The molecule has 5 heteroatoms. The summed E-state index contributed by atoms with van der Waals surface area (Å²) in [5.74, 6) is 2.06. The highest BCUT2D eigenvalue weighted by atomic mass is 16.5. The van der Waals surface area contributed by atoms with Gasteiger partial charge in [-0.25, -0.2) is 0 Å². The summed E-state index contributed by atoms with van der Waals surface area (Å²) in [6.45, 7) is 9.14. The monoisotopic (exact) mass is 355 g/mol. The van der Waals surface area contributed by atoms with Crippen molar-refractivity contribution in [3.8, 4) is 0 Å². The second-order valence-corrected chi connectivity index (χ2v) is 7.48. The van der Waals surface area contributed by atoms with Crippen LogP contribution in [0.15, 0.2) is 34.9 Å². The Balaban J connectivity index is 1.26. The van der Waals surface area contributed by atoms with Gasteiger partial charge < -0.3 is 9.15 Å². The Morgan fingerprint density at radius 2 is 1.85 bits per heavy atom.